The van der Waals surface area contributed by atoms with E-state index < -0.39 is 23.5 Å². The molecule has 2 fully saturated rings. The second-order valence-electron chi connectivity index (χ2n) is 8.68. The van der Waals surface area contributed by atoms with E-state index in [1.54, 1.807) is 17.2 Å². The zero-order chi connectivity index (χ0) is 27.6. The summed E-state index contributed by atoms with van der Waals surface area (Å²) in [7, 11) is 0. The molecule has 1 aliphatic carbocycles. The molecule has 1 aliphatic heterocycles. The maximum atomic E-state index is 12.3. The lowest BCUT2D eigenvalue weighted by atomic mass is 10.1. The number of nitriles is 2. The van der Waals surface area contributed by atoms with Gasteiger partial charge in [0.2, 0.25) is 5.91 Å². The summed E-state index contributed by atoms with van der Waals surface area (Å²) in [6.07, 6.45) is 6.48. The molecule has 0 radical (unpaired) electrons. The maximum absolute atomic E-state index is 12.3. The van der Waals surface area contributed by atoms with Crippen LogP contribution in [0.4, 0.5) is 5.82 Å². The lowest BCUT2D eigenvalue weighted by molar-refractivity contribution is -0.186. The first-order valence-corrected chi connectivity index (χ1v) is 11.5. The lowest BCUT2D eigenvalue weighted by Gasteiger charge is -2.21. The smallest absolute Gasteiger partial charge is 0.359 e. The first-order chi connectivity index (χ1) is 17.5. The number of carbonyl (C=O) groups is 4. The zero-order valence-corrected chi connectivity index (χ0v) is 19.8. The van der Waals surface area contributed by atoms with E-state index in [1.165, 1.54) is 0 Å². The van der Waals surface area contributed by atoms with Crippen molar-refractivity contribution in [1.29, 1.82) is 10.5 Å². The van der Waals surface area contributed by atoms with Crippen molar-refractivity contribution in [2.45, 2.75) is 49.8 Å². The number of aliphatic carboxylic acids is 3. The van der Waals surface area contributed by atoms with Crippen LogP contribution in [0.15, 0.2) is 18.3 Å². The Morgan fingerprint density at radius 3 is 2.27 bits per heavy atom. The molecule has 3 atom stereocenters. The van der Waals surface area contributed by atoms with Crippen LogP contribution in [0.25, 0.3) is 0 Å². The summed E-state index contributed by atoms with van der Waals surface area (Å²) in [4.78, 5) is 47.9. The van der Waals surface area contributed by atoms with E-state index in [4.69, 9.17) is 30.9 Å². The van der Waals surface area contributed by atoms with Crippen LogP contribution in [0, 0.1) is 28.6 Å². The van der Waals surface area contributed by atoms with Gasteiger partial charge in [-0.15, -0.1) is 0 Å². The van der Waals surface area contributed by atoms with E-state index >= 15 is 0 Å². The molecule has 0 bridgehead atoms. The van der Waals surface area contributed by atoms with Crippen molar-refractivity contribution in [1.82, 2.24) is 15.2 Å². The van der Waals surface area contributed by atoms with Crippen LogP contribution in [-0.2, 0) is 19.2 Å². The zero-order valence-electron chi connectivity index (χ0n) is 19.8. The Morgan fingerprint density at radius 1 is 1.08 bits per heavy atom. The second kappa shape index (κ2) is 13.2. The molecular formula is C23H28N6O8. The summed E-state index contributed by atoms with van der Waals surface area (Å²) in [6.45, 7) is 1.86. The Balaban J connectivity index is 0.000000371. The van der Waals surface area contributed by atoms with E-state index in [9.17, 15) is 19.2 Å². The fraction of sp³-hybridized carbons (Fsp3) is 0.522. The Kier molecular flexibility index (Phi) is 10.3. The van der Waals surface area contributed by atoms with Crippen LogP contribution >= 0.6 is 0 Å². The minimum atomic E-state index is -3.75. The second-order valence-corrected chi connectivity index (χ2v) is 8.68. The van der Waals surface area contributed by atoms with E-state index in [1.807, 2.05) is 6.07 Å². The first-order valence-electron chi connectivity index (χ1n) is 11.5. The molecule has 1 saturated heterocycles. The van der Waals surface area contributed by atoms with Gasteiger partial charge < -0.3 is 36.0 Å². The Labute approximate surface area is 212 Å². The number of rotatable bonds is 9. The van der Waals surface area contributed by atoms with E-state index in [0.29, 0.717) is 30.6 Å². The van der Waals surface area contributed by atoms with Gasteiger partial charge in [0.1, 0.15) is 17.9 Å². The molecule has 6 N–H and O–H groups in total. The van der Waals surface area contributed by atoms with Gasteiger partial charge in [-0.05, 0) is 50.2 Å². The van der Waals surface area contributed by atoms with Crippen molar-refractivity contribution < 1.29 is 39.6 Å². The molecule has 2 aliphatic rings. The number of hydrogen-bond acceptors (Lipinski definition) is 10. The standard InChI is InChI=1S/C19H24N6O.C4H4O7/c20-9-15-4-6-18(24-12-15)23-11-14-3-5-16(8-14)22-13-19(26)25-7-1-2-17(25)10-21;5-1(6)4(11,2(7)8)3(9)10/h4,6,12,14,16-17,22H,1-3,5,7-8,11,13H2,(H,23,24);11H,(H,5,6)(H,7,8)(H,9,10)/t14?,16?,17-;/m0./s1. The highest BCUT2D eigenvalue weighted by atomic mass is 16.5. The molecule has 37 heavy (non-hydrogen) atoms. The molecule has 3 rings (SSSR count). The molecule has 14 nitrogen and oxygen atoms in total. The third-order valence-corrected chi connectivity index (χ3v) is 6.20. The van der Waals surface area contributed by atoms with Crippen LogP contribution < -0.4 is 10.6 Å². The minimum Gasteiger partial charge on any atom is -0.478 e. The molecular weight excluding hydrogens is 488 g/mol. The summed E-state index contributed by atoms with van der Waals surface area (Å²) in [5.41, 5.74) is -3.19. The van der Waals surface area contributed by atoms with Crippen molar-refractivity contribution >= 4 is 29.6 Å². The number of likely N-dealkylation sites (tertiary alicyclic amines) is 1. The average Bonchev–Trinajstić information content (AvgIpc) is 3.55. The van der Waals surface area contributed by atoms with Crippen LogP contribution in [0.5, 0.6) is 0 Å². The van der Waals surface area contributed by atoms with Crippen molar-refractivity contribution in [2.24, 2.45) is 5.92 Å². The highest BCUT2D eigenvalue weighted by Crippen LogP contribution is 2.26. The lowest BCUT2D eigenvalue weighted by Crippen LogP contribution is -2.53. The molecule has 198 valence electrons. The van der Waals surface area contributed by atoms with Gasteiger partial charge in [0.25, 0.3) is 0 Å². The third-order valence-electron chi connectivity index (χ3n) is 6.20. The summed E-state index contributed by atoms with van der Waals surface area (Å²) in [5, 5.41) is 56.9. The van der Waals surface area contributed by atoms with Gasteiger partial charge in [-0.1, -0.05) is 0 Å². The third kappa shape index (κ3) is 7.60. The average molecular weight is 517 g/mol. The van der Waals surface area contributed by atoms with E-state index in [0.717, 1.165) is 44.5 Å². The van der Waals surface area contributed by atoms with E-state index in [-0.39, 0.29) is 11.9 Å². The Morgan fingerprint density at radius 2 is 1.76 bits per heavy atom. The molecule has 1 saturated carbocycles. The number of aliphatic hydroxyl groups is 1. The van der Waals surface area contributed by atoms with Crippen LogP contribution in [0.1, 0.15) is 37.7 Å². The molecule has 2 heterocycles. The molecule has 1 aromatic rings. The Bertz CT molecular complexity index is 1040. The number of carbonyl (C=O) groups excluding carboxylic acids is 1. The molecule has 1 aromatic heterocycles. The molecule has 2 unspecified atom stereocenters. The number of hydrogen-bond donors (Lipinski definition) is 6. The number of carboxylic acid groups (broad SMARTS) is 3. The summed E-state index contributed by atoms with van der Waals surface area (Å²) < 4.78 is 0. The fourth-order valence-electron chi connectivity index (χ4n) is 4.07. The largest absolute Gasteiger partial charge is 0.478 e. The quantitative estimate of drug-likeness (QED) is 0.230. The van der Waals surface area contributed by atoms with Crippen molar-refractivity contribution in [3.63, 3.8) is 0 Å². The van der Waals surface area contributed by atoms with Crippen molar-refractivity contribution in [2.75, 3.05) is 25.0 Å². The highest BCUT2D eigenvalue weighted by molar-refractivity contribution is 6.19. The number of carboxylic acids is 3. The van der Waals surface area contributed by atoms with Gasteiger partial charge in [0.05, 0.1) is 18.2 Å². The van der Waals surface area contributed by atoms with Gasteiger partial charge in [-0.3, -0.25) is 4.79 Å². The predicted octanol–water partition coefficient (Wildman–Crippen LogP) is -0.391. The van der Waals surface area contributed by atoms with Gasteiger partial charge in [-0.25, -0.2) is 19.4 Å². The number of amides is 1. The van der Waals surface area contributed by atoms with Crippen molar-refractivity contribution in [3.8, 4) is 12.1 Å². The van der Waals surface area contributed by atoms with Crippen LogP contribution in [0.2, 0.25) is 0 Å². The SMILES string of the molecule is N#Cc1ccc(NCC2CCC(NCC(=O)N3CCC[C@H]3C#N)C2)nc1.O=C(O)C(O)(C(=O)O)C(=O)O. The Hall–Kier alpha value is -4.27. The summed E-state index contributed by atoms with van der Waals surface area (Å²) in [6, 6.07) is 7.96. The van der Waals surface area contributed by atoms with Gasteiger partial charge in [0, 0.05) is 25.3 Å². The van der Waals surface area contributed by atoms with Crippen LogP contribution in [-0.4, -0.2) is 91.4 Å². The first kappa shape index (κ1) is 29.0. The van der Waals surface area contributed by atoms with Gasteiger partial charge in [0.15, 0.2) is 0 Å². The molecule has 14 heteroatoms. The predicted molar refractivity (Wildman–Crippen MR) is 125 cm³/mol. The number of anilines is 1. The molecule has 0 aromatic carbocycles. The monoisotopic (exact) mass is 516 g/mol. The van der Waals surface area contributed by atoms with E-state index in [2.05, 4.69) is 27.8 Å². The molecule has 0 spiro atoms. The van der Waals surface area contributed by atoms with Crippen LogP contribution in [0.3, 0.4) is 0 Å². The number of nitrogens with one attached hydrogen (secondary N) is 2. The van der Waals surface area contributed by atoms with Crippen molar-refractivity contribution in [3.05, 3.63) is 23.9 Å². The highest BCUT2D eigenvalue weighted by Gasteiger charge is 2.53. The number of nitrogens with zero attached hydrogens (tertiary/aromatic N) is 4. The molecule has 1 amide bonds. The topological polar surface area (TPSA) is 237 Å². The van der Waals surface area contributed by atoms with Gasteiger partial charge in [-0.2, -0.15) is 10.5 Å². The number of pyridine rings is 1. The maximum Gasteiger partial charge on any atom is 0.359 e. The van der Waals surface area contributed by atoms with Gasteiger partial charge >= 0.3 is 23.5 Å². The fourth-order valence-corrected chi connectivity index (χ4v) is 4.07. The summed E-state index contributed by atoms with van der Waals surface area (Å²) >= 11 is 0. The minimum absolute atomic E-state index is 0.0393. The normalized spacial score (nSPS) is 20.6. The summed E-state index contributed by atoms with van der Waals surface area (Å²) in [5.74, 6) is -5.64. The number of aromatic nitrogens is 1.